The molecule has 0 aliphatic rings. The van der Waals surface area contributed by atoms with E-state index in [2.05, 4.69) is 5.32 Å². The van der Waals surface area contributed by atoms with Gasteiger partial charge in [0.25, 0.3) is 0 Å². The number of aromatic hydroxyl groups is 1. The van der Waals surface area contributed by atoms with Gasteiger partial charge in [-0.05, 0) is 19.1 Å². The fourth-order valence-electron chi connectivity index (χ4n) is 0.907. The minimum atomic E-state index is -0.927. The van der Waals surface area contributed by atoms with Crippen molar-refractivity contribution in [3.8, 4) is 5.75 Å². The van der Waals surface area contributed by atoms with Crippen molar-refractivity contribution < 1.29 is 15.0 Å². The maximum Gasteiger partial charge on any atom is 0.325 e. The summed E-state index contributed by atoms with van der Waals surface area (Å²) in [4.78, 5) is 10.5. The number of hydrogen-bond donors (Lipinski definition) is 3. The molecule has 0 fully saturated rings. The molecule has 0 saturated heterocycles. The normalized spacial score (nSPS) is 12.1. The number of carbonyl (C=O) groups is 1. The van der Waals surface area contributed by atoms with Gasteiger partial charge >= 0.3 is 5.97 Å². The maximum atomic E-state index is 10.5. The zero-order valence-electron chi connectivity index (χ0n) is 7.19. The SMILES string of the molecule is C[C@H](Nc1cccc(O)c1)C(=O)O. The number of hydrogen-bond acceptors (Lipinski definition) is 3. The lowest BCUT2D eigenvalue weighted by atomic mass is 10.2. The van der Waals surface area contributed by atoms with Crippen LogP contribution in [0, 0.1) is 0 Å². The average molecular weight is 181 g/mol. The summed E-state index contributed by atoms with van der Waals surface area (Å²) in [6, 6.07) is 5.67. The summed E-state index contributed by atoms with van der Waals surface area (Å²) in [6.45, 7) is 1.53. The molecular formula is C9H11NO3. The van der Waals surface area contributed by atoms with Crippen LogP contribution in [0.2, 0.25) is 0 Å². The zero-order valence-corrected chi connectivity index (χ0v) is 7.19. The summed E-state index contributed by atoms with van der Waals surface area (Å²) in [5.74, 6) is -0.814. The molecule has 0 bridgehead atoms. The molecule has 4 nitrogen and oxygen atoms in total. The minimum absolute atomic E-state index is 0.114. The standard InChI is InChI=1S/C9H11NO3/c1-6(9(12)13)10-7-3-2-4-8(11)5-7/h2-6,10-11H,1H3,(H,12,13)/t6-/m0/s1. The number of benzene rings is 1. The molecule has 1 aromatic carbocycles. The molecule has 70 valence electrons. The van der Waals surface area contributed by atoms with E-state index in [1.807, 2.05) is 0 Å². The molecule has 1 atom stereocenters. The van der Waals surface area contributed by atoms with Crippen LogP contribution in [0.1, 0.15) is 6.92 Å². The lowest BCUT2D eigenvalue weighted by Gasteiger charge is -2.10. The van der Waals surface area contributed by atoms with Crippen LogP contribution in [0.4, 0.5) is 5.69 Å². The van der Waals surface area contributed by atoms with Gasteiger partial charge in [-0.2, -0.15) is 0 Å². The molecular weight excluding hydrogens is 170 g/mol. The number of rotatable bonds is 3. The van der Waals surface area contributed by atoms with E-state index in [1.165, 1.54) is 19.1 Å². The van der Waals surface area contributed by atoms with E-state index >= 15 is 0 Å². The second-order valence-electron chi connectivity index (χ2n) is 2.75. The number of phenolic OH excluding ortho intramolecular Hbond substituents is 1. The zero-order chi connectivity index (χ0) is 9.84. The van der Waals surface area contributed by atoms with E-state index in [0.29, 0.717) is 5.69 Å². The Morgan fingerprint density at radius 3 is 2.77 bits per heavy atom. The van der Waals surface area contributed by atoms with Crippen molar-refractivity contribution >= 4 is 11.7 Å². The molecule has 0 aliphatic carbocycles. The molecule has 4 heteroatoms. The number of anilines is 1. The Labute approximate surface area is 75.8 Å². The van der Waals surface area contributed by atoms with E-state index in [1.54, 1.807) is 12.1 Å². The number of phenols is 1. The van der Waals surface area contributed by atoms with Gasteiger partial charge < -0.3 is 15.5 Å². The fraction of sp³-hybridized carbons (Fsp3) is 0.222. The third kappa shape index (κ3) is 2.66. The van der Waals surface area contributed by atoms with Gasteiger partial charge in [-0.15, -0.1) is 0 Å². The topological polar surface area (TPSA) is 69.6 Å². The predicted octanol–water partition coefficient (Wildman–Crippen LogP) is 1.28. The van der Waals surface area contributed by atoms with Crippen LogP contribution in [0.5, 0.6) is 5.75 Å². The Kier molecular flexibility index (Phi) is 2.74. The van der Waals surface area contributed by atoms with Crippen molar-refractivity contribution in [3.63, 3.8) is 0 Å². The summed E-state index contributed by atoms with van der Waals surface area (Å²) in [6.07, 6.45) is 0. The lowest BCUT2D eigenvalue weighted by Crippen LogP contribution is -2.25. The van der Waals surface area contributed by atoms with Crippen LogP contribution >= 0.6 is 0 Å². The lowest BCUT2D eigenvalue weighted by molar-refractivity contribution is -0.137. The van der Waals surface area contributed by atoms with Gasteiger partial charge in [-0.3, -0.25) is 4.79 Å². The van der Waals surface area contributed by atoms with Crippen LogP contribution in [0.3, 0.4) is 0 Å². The molecule has 0 unspecified atom stereocenters. The molecule has 0 aliphatic heterocycles. The van der Waals surface area contributed by atoms with E-state index in [9.17, 15) is 4.79 Å². The third-order valence-electron chi connectivity index (χ3n) is 1.60. The summed E-state index contributed by atoms with van der Waals surface area (Å²) in [5, 5.41) is 20.4. The van der Waals surface area contributed by atoms with Gasteiger partial charge in [-0.1, -0.05) is 6.07 Å². The van der Waals surface area contributed by atoms with Crippen LogP contribution in [0.25, 0.3) is 0 Å². The highest BCUT2D eigenvalue weighted by molar-refractivity contribution is 5.76. The van der Waals surface area contributed by atoms with Crippen LogP contribution in [0.15, 0.2) is 24.3 Å². The Hall–Kier alpha value is -1.71. The average Bonchev–Trinajstić information content (AvgIpc) is 2.04. The highest BCUT2D eigenvalue weighted by Gasteiger charge is 2.09. The van der Waals surface area contributed by atoms with Crippen molar-refractivity contribution in [2.75, 3.05) is 5.32 Å². The predicted molar refractivity (Wildman–Crippen MR) is 48.8 cm³/mol. The van der Waals surface area contributed by atoms with Crippen LogP contribution in [-0.4, -0.2) is 22.2 Å². The molecule has 13 heavy (non-hydrogen) atoms. The monoisotopic (exact) mass is 181 g/mol. The molecule has 0 amide bonds. The first-order chi connectivity index (χ1) is 6.09. The van der Waals surface area contributed by atoms with E-state index in [-0.39, 0.29) is 5.75 Å². The van der Waals surface area contributed by atoms with Crippen molar-refractivity contribution in [3.05, 3.63) is 24.3 Å². The summed E-state index contributed by atoms with van der Waals surface area (Å²) < 4.78 is 0. The summed E-state index contributed by atoms with van der Waals surface area (Å²) >= 11 is 0. The number of aliphatic carboxylic acids is 1. The molecule has 1 rings (SSSR count). The first kappa shape index (κ1) is 9.38. The molecule has 0 saturated carbocycles. The Balaban J connectivity index is 2.69. The largest absolute Gasteiger partial charge is 0.508 e. The van der Waals surface area contributed by atoms with E-state index in [0.717, 1.165) is 0 Å². The van der Waals surface area contributed by atoms with Crippen LogP contribution < -0.4 is 5.32 Å². The molecule has 0 aromatic heterocycles. The second kappa shape index (κ2) is 3.80. The quantitative estimate of drug-likeness (QED) is 0.657. The smallest absolute Gasteiger partial charge is 0.325 e. The Bertz CT molecular complexity index is 311. The van der Waals surface area contributed by atoms with Gasteiger partial charge in [0.05, 0.1) is 0 Å². The second-order valence-corrected chi connectivity index (χ2v) is 2.75. The molecule has 0 spiro atoms. The molecule has 0 radical (unpaired) electrons. The van der Waals surface area contributed by atoms with Crippen molar-refractivity contribution in [1.82, 2.24) is 0 Å². The van der Waals surface area contributed by atoms with Crippen LogP contribution in [-0.2, 0) is 4.79 Å². The molecule has 3 N–H and O–H groups in total. The Morgan fingerprint density at radius 2 is 2.23 bits per heavy atom. The van der Waals surface area contributed by atoms with Gasteiger partial charge in [0.2, 0.25) is 0 Å². The Morgan fingerprint density at radius 1 is 1.54 bits per heavy atom. The first-order valence-corrected chi connectivity index (χ1v) is 3.88. The van der Waals surface area contributed by atoms with Crippen molar-refractivity contribution in [1.29, 1.82) is 0 Å². The number of carboxylic acid groups (broad SMARTS) is 1. The van der Waals surface area contributed by atoms with Gasteiger partial charge in [0.15, 0.2) is 0 Å². The molecule has 1 aromatic rings. The number of nitrogens with one attached hydrogen (secondary N) is 1. The van der Waals surface area contributed by atoms with E-state index < -0.39 is 12.0 Å². The maximum absolute atomic E-state index is 10.5. The molecule has 0 heterocycles. The summed E-state index contributed by atoms with van der Waals surface area (Å²) in [7, 11) is 0. The van der Waals surface area contributed by atoms with Gasteiger partial charge in [0.1, 0.15) is 11.8 Å². The third-order valence-corrected chi connectivity index (χ3v) is 1.60. The first-order valence-electron chi connectivity index (χ1n) is 3.88. The minimum Gasteiger partial charge on any atom is -0.508 e. The van der Waals surface area contributed by atoms with Crippen molar-refractivity contribution in [2.45, 2.75) is 13.0 Å². The van der Waals surface area contributed by atoms with E-state index in [4.69, 9.17) is 10.2 Å². The number of carboxylic acids is 1. The highest BCUT2D eigenvalue weighted by atomic mass is 16.4. The van der Waals surface area contributed by atoms with Crippen molar-refractivity contribution in [2.24, 2.45) is 0 Å². The van der Waals surface area contributed by atoms with Gasteiger partial charge in [-0.25, -0.2) is 0 Å². The fourth-order valence-corrected chi connectivity index (χ4v) is 0.907. The van der Waals surface area contributed by atoms with Gasteiger partial charge in [0, 0.05) is 11.8 Å². The highest BCUT2D eigenvalue weighted by Crippen LogP contribution is 2.15. The summed E-state index contributed by atoms with van der Waals surface area (Å²) in [5.41, 5.74) is 0.593.